The lowest BCUT2D eigenvalue weighted by molar-refractivity contribution is -0.149. The minimum absolute atomic E-state index is 0.00211. The smallest absolute Gasteiger partial charge is 0.306 e. The molecule has 0 aliphatic rings. The first kappa shape index (κ1) is 18.9. The number of unbranched alkanes of at least 4 members (excludes halogenated alkanes) is 4. The van der Waals surface area contributed by atoms with Crippen molar-refractivity contribution in [3.8, 4) is 0 Å². The number of nitrogens with one attached hydrogen (secondary N) is 1. The van der Waals surface area contributed by atoms with Crippen LogP contribution in [0.5, 0.6) is 0 Å². The number of carbonyl (C=O) groups is 2. The van der Waals surface area contributed by atoms with Crippen LogP contribution < -0.4 is 5.32 Å². The highest BCUT2D eigenvalue weighted by atomic mass is 16.5. The van der Waals surface area contributed by atoms with E-state index in [9.17, 15) is 9.59 Å². The van der Waals surface area contributed by atoms with Gasteiger partial charge in [-0.25, -0.2) is 0 Å². The molecule has 118 valence electrons. The lowest BCUT2D eigenvalue weighted by Gasteiger charge is -2.16. The molecule has 1 atom stereocenters. The quantitative estimate of drug-likeness (QED) is 0.440. The molecule has 0 saturated carbocycles. The van der Waals surface area contributed by atoms with E-state index in [1.807, 2.05) is 0 Å². The molecule has 1 amide bonds. The average Bonchev–Trinajstić information content (AvgIpc) is 2.41. The Morgan fingerprint density at radius 2 is 1.80 bits per heavy atom. The molecule has 4 heteroatoms. The third-order valence-corrected chi connectivity index (χ3v) is 3.31. The summed E-state index contributed by atoms with van der Waals surface area (Å²) >= 11 is 0. The Hall–Kier alpha value is -1.06. The molecular formula is C16H31NO3. The van der Waals surface area contributed by atoms with Crippen molar-refractivity contribution in [3.63, 3.8) is 0 Å². The van der Waals surface area contributed by atoms with Crippen molar-refractivity contribution in [2.45, 2.75) is 84.7 Å². The minimum Gasteiger partial charge on any atom is -0.462 e. The van der Waals surface area contributed by atoms with Gasteiger partial charge in [-0.2, -0.15) is 0 Å². The molecule has 0 aliphatic heterocycles. The second-order valence-electron chi connectivity index (χ2n) is 5.31. The fourth-order valence-corrected chi connectivity index (χ4v) is 2.05. The van der Waals surface area contributed by atoms with E-state index in [-0.39, 0.29) is 18.0 Å². The van der Waals surface area contributed by atoms with Gasteiger partial charge < -0.3 is 10.1 Å². The van der Waals surface area contributed by atoms with Crippen LogP contribution in [0.4, 0.5) is 0 Å². The van der Waals surface area contributed by atoms with E-state index in [1.165, 1.54) is 19.8 Å². The lowest BCUT2D eigenvalue weighted by Crippen LogP contribution is -2.21. The summed E-state index contributed by atoms with van der Waals surface area (Å²) < 4.78 is 5.48. The molecule has 1 unspecified atom stereocenters. The van der Waals surface area contributed by atoms with E-state index in [4.69, 9.17) is 4.74 Å². The third kappa shape index (κ3) is 12.0. The van der Waals surface area contributed by atoms with Crippen LogP contribution in [-0.2, 0) is 14.3 Å². The maximum absolute atomic E-state index is 11.7. The summed E-state index contributed by atoms with van der Waals surface area (Å²) in [5, 5.41) is 2.75. The van der Waals surface area contributed by atoms with Crippen molar-refractivity contribution in [1.82, 2.24) is 5.32 Å². The van der Waals surface area contributed by atoms with Gasteiger partial charge >= 0.3 is 5.97 Å². The Morgan fingerprint density at radius 3 is 2.40 bits per heavy atom. The number of hydrogen-bond acceptors (Lipinski definition) is 3. The molecule has 0 aromatic carbocycles. The highest BCUT2D eigenvalue weighted by Crippen LogP contribution is 2.12. The summed E-state index contributed by atoms with van der Waals surface area (Å²) in [5.74, 6) is -0.0739. The first-order valence-electron chi connectivity index (χ1n) is 8.04. The molecule has 4 nitrogen and oxygen atoms in total. The van der Waals surface area contributed by atoms with Gasteiger partial charge in [-0.05, 0) is 32.1 Å². The summed E-state index contributed by atoms with van der Waals surface area (Å²) in [5.41, 5.74) is 0. The zero-order valence-corrected chi connectivity index (χ0v) is 13.4. The fraction of sp³-hybridized carbons (Fsp3) is 0.875. The molecule has 0 heterocycles. The van der Waals surface area contributed by atoms with Gasteiger partial charge in [-0.15, -0.1) is 0 Å². The van der Waals surface area contributed by atoms with Crippen molar-refractivity contribution in [3.05, 3.63) is 0 Å². The van der Waals surface area contributed by atoms with E-state index in [2.05, 4.69) is 19.2 Å². The van der Waals surface area contributed by atoms with E-state index < -0.39 is 0 Å². The first-order chi connectivity index (χ1) is 9.60. The molecule has 0 aromatic rings. The number of amides is 1. The number of hydrogen-bond donors (Lipinski definition) is 1. The Labute approximate surface area is 123 Å². The molecule has 0 aliphatic carbocycles. The summed E-state index contributed by atoms with van der Waals surface area (Å²) in [7, 11) is 0. The van der Waals surface area contributed by atoms with Gasteiger partial charge in [0.15, 0.2) is 0 Å². The zero-order valence-electron chi connectivity index (χ0n) is 13.4. The minimum atomic E-state index is -0.0760. The number of esters is 1. The number of carbonyl (C=O) groups excluding carboxylic acids is 2. The van der Waals surface area contributed by atoms with Crippen molar-refractivity contribution in [2.24, 2.45) is 0 Å². The molecule has 0 fully saturated rings. The SMILES string of the molecule is CCCCCC(CC)OC(=O)CCCCCNC(C)=O. The number of ether oxygens (including phenoxy) is 1. The Morgan fingerprint density at radius 1 is 1.05 bits per heavy atom. The molecule has 0 spiro atoms. The van der Waals surface area contributed by atoms with Crippen LogP contribution in [-0.4, -0.2) is 24.5 Å². The summed E-state index contributed by atoms with van der Waals surface area (Å²) in [4.78, 5) is 22.4. The highest BCUT2D eigenvalue weighted by molar-refractivity contribution is 5.72. The predicted molar refractivity (Wildman–Crippen MR) is 81.5 cm³/mol. The molecular weight excluding hydrogens is 254 g/mol. The molecule has 0 saturated heterocycles. The van der Waals surface area contributed by atoms with E-state index >= 15 is 0 Å². The van der Waals surface area contributed by atoms with Crippen LogP contribution in [0.1, 0.15) is 78.6 Å². The van der Waals surface area contributed by atoms with Crippen LogP contribution in [0.2, 0.25) is 0 Å². The van der Waals surface area contributed by atoms with E-state index in [0.29, 0.717) is 13.0 Å². The largest absolute Gasteiger partial charge is 0.462 e. The molecule has 0 radical (unpaired) electrons. The second-order valence-corrected chi connectivity index (χ2v) is 5.31. The fourth-order valence-electron chi connectivity index (χ4n) is 2.05. The van der Waals surface area contributed by atoms with Crippen LogP contribution in [0.25, 0.3) is 0 Å². The van der Waals surface area contributed by atoms with Crippen LogP contribution in [0, 0.1) is 0 Å². The molecule has 0 aromatic heterocycles. The second kappa shape index (κ2) is 12.9. The maximum Gasteiger partial charge on any atom is 0.306 e. The monoisotopic (exact) mass is 285 g/mol. The van der Waals surface area contributed by atoms with Crippen molar-refractivity contribution >= 4 is 11.9 Å². The van der Waals surface area contributed by atoms with Crippen LogP contribution in [0.15, 0.2) is 0 Å². The van der Waals surface area contributed by atoms with Crippen molar-refractivity contribution in [2.75, 3.05) is 6.54 Å². The first-order valence-corrected chi connectivity index (χ1v) is 8.04. The molecule has 1 N–H and O–H groups in total. The summed E-state index contributed by atoms with van der Waals surface area (Å²) in [6.45, 7) is 6.45. The van der Waals surface area contributed by atoms with Crippen molar-refractivity contribution < 1.29 is 14.3 Å². The van der Waals surface area contributed by atoms with Crippen LogP contribution >= 0.6 is 0 Å². The van der Waals surface area contributed by atoms with Gasteiger partial charge in [0.05, 0.1) is 0 Å². The highest BCUT2D eigenvalue weighted by Gasteiger charge is 2.11. The summed E-state index contributed by atoms with van der Waals surface area (Å²) in [6.07, 6.45) is 8.70. The number of rotatable bonds is 12. The lowest BCUT2D eigenvalue weighted by atomic mass is 10.1. The van der Waals surface area contributed by atoms with Gasteiger partial charge in [0.1, 0.15) is 6.10 Å². The normalized spacial score (nSPS) is 11.9. The van der Waals surface area contributed by atoms with E-state index in [1.54, 1.807) is 0 Å². The Bertz CT molecular complexity index is 266. The zero-order chi connectivity index (χ0) is 15.2. The molecule has 20 heavy (non-hydrogen) atoms. The van der Waals surface area contributed by atoms with Gasteiger partial charge in [0.2, 0.25) is 5.91 Å². The molecule has 0 bridgehead atoms. The van der Waals surface area contributed by atoms with Gasteiger partial charge in [-0.1, -0.05) is 33.1 Å². The Balaban J connectivity index is 3.57. The van der Waals surface area contributed by atoms with E-state index in [0.717, 1.165) is 38.5 Å². The van der Waals surface area contributed by atoms with Gasteiger partial charge in [0.25, 0.3) is 0 Å². The predicted octanol–water partition coefficient (Wildman–Crippen LogP) is 3.59. The third-order valence-electron chi connectivity index (χ3n) is 3.31. The topological polar surface area (TPSA) is 55.4 Å². The van der Waals surface area contributed by atoms with Gasteiger partial charge in [-0.3, -0.25) is 9.59 Å². The Kier molecular flexibility index (Phi) is 12.3. The maximum atomic E-state index is 11.7. The summed E-state index contributed by atoms with van der Waals surface area (Å²) in [6, 6.07) is 0. The standard InChI is InChI=1S/C16H31NO3/c1-4-6-8-11-15(5-2)20-16(19)12-9-7-10-13-17-14(3)18/h15H,4-13H2,1-3H3,(H,17,18). The van der Waals surface area contributed by atoms with Crippen LogP contribution in [0.3, 0.4) is 0 Å². The van der Waals surface area contributed by atoms with Gasteiger partial charge in [0, 0.05) is 19.9 Å². The average molecular weight is 285 g/mol. The van der Waals surface area contributed by atoms with Crippen molar-refractivity contribution in [1.29, 1.82) is 0 Å². The molecule has 0 rings (SSSR count).